The molecule has 0 aromatic carbocycles. The van der Waals surface area contributed by atoms with Gasteiger partial charge in [0.15, 0.2) is 0 Å². The fourth-order valence-electron chi connectivity index (χ4n) is 2.29. The van der Waals surface area contributed by atoms with Crippen molar-refractivity contribution in [1.29, 1.82) is 0 Å². The highest BCUT2D eigenvalue weighted by molar-refractivity contribution is 5.41. The van der Waals surface area contributed by atoms with Gasteiger partial charge in [-0.05, 0) is 0 Å². The lowest BCUT2D eigenvalue weighted by atomic mass is 9.90. The first-order valence-electron chi connectivity index (χ1n) is 8.30. The Bertz CT molecular complexity index is 694. The molecule has 0 unspecified atom stereocenters. The summed E-state index contributed by atoms with van der Waals surface area (Å²) in [7, 11) is 1.83. The Kier molecular flexibility index (Phi) is 5.16. The van der Waals surface area contributed by atoms with E-state index in [0.717, 1.165) is 16.1 Å². The number of anilines is 1. The SMILES string of the molecule is CN(Cc1nccn1C(F)F)c1cc(C(C)(C)C)nc(C(C)(C)C)n1. The summed E-state index contributed by atoms with van der Waals surface area (Å²) in [5.41, 5.74) is 0.574. The van der Waals surface area contributed by atoms with Gasteiger partial charge < -0.3 is 4.90 Å². The van der Waals surface area contributed by atoms with Gasteiger partial charge in [-0.3, -0.25) is 4.57 Å². The van der Waals surface area contributed by atoms with Gasteiger partial charge in [-0.15, -0.1) is 0 Å². The molecule has 0 radical (unpaired) electrons. The summed E-state index contributed by atoms with van der Waals surface area (Å²) >= 11 is 0. The Morgan fingerprint density at radius 1 is 1.08 bits per heavy atom. The van der Waals surface area contributed by atoms with Crippen LogP contribution in [0.1, 0.15) is 65.4 Å². The van der Waals surface area contributed by atoms with Crippen molar-refractivity contribution < 1.29 is 8.78 Å². The minimum atomic E-state index is -2.61. The molecule has 0 spiro atoms. The highest BCUT2D eigenvalue weighted by Crippen LogP contribution is 2.28. The third-order valence-corrected chi connectivity index (χ3v) is 3.88. The largest absolute Gasteiger partial charge is 0.352 e. The molecule has 0 fully saturated rings. The summed E-state index contributed by atoms with van der Waals surface area (Å²) in [5, 5.41) is 0. The van der Waals surface area contributed by atoms with Crippen molar-refractivity contribution in [1.82, 2.24) is 19.5 Å². The van der Waals surface area contributed by atoms with Crippen LogP contribution in [0.5, 0.6) is 0 Å². The summed E-state index contributed by atoms with van der Waals surface area (Å²) in [6.07, 6.45) is 2.67. The highest BCUT2D eigenvalue weighted by Gasteiger charge is 2.25. The molecule has 0 aliphatic heterocycles. The quantitative estimate of drug-likeness (QED) is 0.824. The van der Waals surface area contributed by atoms with Gasteiger partial charge in [0.2, 0.25) is 0 Å². The van der Waals surface area contributed by atoms with E-state index in [0.29, 0.717) is 11.6 Å². The highest BCUT2D eigenvalue weighted by atomic mass is 19.3. The van der Waals surface area contributed by atoms with E-state index < -0.39 is 6.55 Å². The van der Waals surface area contributed by atoms with Crippen LogP contribution in [0, 0.1) is 0 Å². The molecule has 25 heavy (non-hydrogen) atoms. The van der Waals surface area contributed by atoms with E-state index in [9.17, 15) is 8.78 Å². The van der Waals surface area contributed by atoms with Gasteiger partial charge in [-0.2, -0.15) is 8.78 Å². The van der Waals surface area contributed by atoms with E-state index >= 15 is 0 Å². The average Bonchev–Trinajstić information content (AvgIpc) is 2.93. The first-order chi connectivity index (χ1) is 11.4. The Hall–Kier alpha value is -2.05. The summed E-state index contributed by atoms with van der Waals surface area (Å²) in [6.45, 7) is 10.1. The third-order valence-electron chi connectivity index (χ3n) is 3.88. The van der Waals surface area contributed by atoms with E-state index in [1.807, 2.05) is 18.0 Å². The van der Waals surface area contributed by atoms with Crippen LogP contribution in [0.15, 0.2) is 18.5 Å². The van der Waals surface area contributed by atoms with Gasteiger partial charge in [0.25, 0.3) is 0 Å². The molecule has 0 aliphatic rings. The normalized spacial score (nSPS) is 12.7. The van der Waals surface area contributed by atoms with Crippen molar-refractivity contribution in [3.05, 3.63) is 35.8 Å². The fourth-order valence-corrected chi connectivity index (χ4v) is 2.29. The molecular weight excluding hydrogens is 324 g/mol. The van der Waals surface area contributed by atoms with E-state index in [1.165, 1.54) is 12.4 Å². The Morgan fingerprint density at radius 2 is 1.72 bits per heavy atom. The van der Waals surface area contributed by atoms with E-state index in [1.54, 1.807) is 0 Å². The second-order valence-electron chi connectivity index (χ2n) is 8.32. The predicted octanol–water partition coefficient (Wildman–Crippen LogP) is 4.30. The number of imidazole rings is 1. The second kappa shape index (κ2) is 6.69. The maximum Gasteiger partial charge on any atom is 0.319 e. The van der Waals surface area contributed by atoms with Gasteiger partial charge in [0.05, 0.1) is 12.2 Å². The summed E-state index contributed by atoms with van der Waals surface area (Å²) in [4.78, 5) is 15.3. The standard InChI is InChI=1S/C18H27F2N5/c1-17(2,3)12-10-13(23-15(22-12)18(4,5)6)24(7)11-14-21-8-9-25(14)16(19)20/h8-10,16H,11H2,1-7H3. The first-order valence-corrected chi connectivity index (χ1v) is 8.30. The van der Waals surface area contributed by atoms with Crippen molar-refractivity contribution in [2.24, 2.45) is 0 Å². The van der Waals surface area contributed by atoms with Crippen molar-refractivity contribution >= 4 is 5.82 Å². The van der Waals surface area contributed by atoms with Crippen LogP contribution in [0.4, 0.5) is 14.6 Å². The molecule has 0 aliphatic carbocycles. The van der Waals surface area contributed by atoms with Crippen LogP contribution in [-0.2, 0) is 17.4 Å². The zero-order chi connectivity index (χ0) is 19.0. The van der Waals surface area contributed by atoms with E-state index in [4.69, 9.17) is 4.98 Å². The van der Waals surface area contributed by atoms with Crippen LogP contribution >= 0.6 is 0 Å². The molecule has 2 aromatic rings. The minimum absolute atomic E-state index is 0.139. The maximum absolute atomic E-state index is 13.0. The number of nitrogens with zero attached hydrogens (tertiary/aromatic N) is 5. The van der Waals surface area contributed by atoms with Crippen molar-refractivity contribution in [2.45, 2.75) is 65.5 Å². The monoisotopic (exact) mass is 351 g/mol. The molecule has 0 saturated heterocycles. The fraction of sp³-hybridized carbons (Fsp3) is 0.611. The zero-order valence-corrected chi connectivity index (χ0v) is 16.0. The molecule has 2 rings (SSSR count). The predicted molar refractivity (Wildman–Crippen MR) is 95.0 cm³/mol. The van der Waals surface area contributed by atoms with Gasteiger partial charge in [-0.25, -0.2) is 15.0 Å². The average molecular weight is 351 g/mol. The Labute approximate surface area is 148 Å². The smallest absolute Gasteiger partial charge is 0.319 e. The van der Waals surface area contributed by atoms with Gasteiger partial charge in [0.1, 0.15) is 17.5 Å². The Morgan fingerprint density at radius 3 is 2.24 bits per heavy atom. The number of aromatic nitrogens is 4. The molecule has 0 atom stereocenters. The van der Waals surface area contributed by atoms with Gasteiger partial charge in [-0.1, -0.05) is 41.5 Å². The Balaban J connectivity index is 2.41. The van der Waals surface area contributed by atoms with Crippen molar-refractivity contribution in [2.75, 3.05) is 11.9 Å². The van der Waals surface area contributed by atoms with Crippen LogP contribution in [0.2, 0.25) is 0 Å². The number of hydrogen-bond acceptors (Lipinski definition) is 4. The molecule has 0 amide bonds. The molecule has 2 heterocycles. The van der Waals surface area contributed by atoms with Crippen molar-refractivity contribution in [3.63, 3.8) is 0 Å². The molecule has 2 aromatic heterocycles. The van der Waals surface area contributed by atoms with Crippen LogP contribution < -0.4 is 4.90 Å². The van der Waals surface area contributed by atoms with Gasteiger partial charge >= 0.3 is 6.55 Å². The zero-order valence-electron chi connectivity index (χ0n) is 16.0. The molecular formula is C18H27F2N5. The van der Waals surface area contributed by atoms with Crippen LogP contribution in [0.25, 0.3) is 0 Å². The van der Waals surface area contributed by atoms with Gasteiger partial charge in [0, 0.05) is 36.3 Å². The van der Waals surface area contributed by atoms with Crippen LogP contribution in [-0.4, -0.2) is 26.6 Å². The second-order valence-corrected chi connectivity index (χ2v) is 8.32. The topological polar surface area (TPSA) is 46.8 Å². The molecule has 0 N–H and O–H groups in total. The lowest BCUT2D eigenvalue weighted by Crippen LogP contribution is -2.26. The first kappa shape index (κ1) is 19.3. The molecule has 138 valence electrons. The number of rotatable bonds is 4. The summed E-state index contributed by atoms with van der Waals surface area (Å²) in [5.74, 6) is 1.73. The summed E-state index contributed by atoms with van der Waals surface area (Å²) < 4.78 is 26.9. The third kappa shape index (κ3) is 4.52. The van der Waals surface area contributed by atoms with E-state index in [2.05, 4.69) is 51.5 Å². The maximum atomic E-state index is 13.0. The van der Waals surface area contributed by atoms with Crippen LogP contribution in [0.3, 0.4) is 0 Å². The minimum Gasteiger partial charge on any atom is -0.352 e. The lowest BCUT2D eigenvalue weighted by Gasteiger charge is -2.26. The number of hydrogen-bond donors (Lipinski definition) is 0. The number of halogens is 2. The summed E-state index contributed by atoms with van der Waals surface area (Å²) in [6, 6.07) is 1.92. The lowest BCUT2D eigenvalue weighted by molar-refractivity contribution is 0.0670. The molecule has 0 bridgehead atoms. The van der Waals surface area contributed by atoms with Crippen molar-refractivity contribution in [3.8, 4) is 0 Å². The molecule has 5 nitrogen and oxygen atoms in total. The molecule has 7 heteroatoms. The van der Waals surface area contributed by atoms with E-state index in [-0.39, 0.29) is 17.4 Å². The number of alkyl halides is 2. The molecule has 0 saturated carbocycles.